The van der Waals surface area contributed by atoms with Gasteiger partial charge in [0.2, 0.25) is 0 Å². The van der Waals surface area contributed by atoms with Gasteiger partial charge in [0.25, 0.3) is 0 Å². The monoisotopic (exact) mass is 465 g/mol. The lowest BCUT2D eigenvalue weighted by molar-refractivity contribution is 0.633. The van der Waals surface area contributed by atoms with E-state index in [-0.39, 0.29) is 5.41 Å². The van der Waals surface area contributed by atoms with E-state index in [4.69, 9.17) is 0 Å². The highest BCUT2D eigenvalue weighted by molar-refractivity contribution is 7.08. The molecule has 3 heterocycles. The summed E-state index contributed by atoms with van der Waals surface area (Å²) in [5, 5.41) is 12.5. The second kappa shape index (κ2) is 6.62. The first-order valence-corrected chi connectivity index (χ1v) is 13.1. The fourth-order valence-electron chi connectivity index (χ4n) is 6.26. The molecule has 0 bridgehead atoms. The van der Waals surface area contributed by atoms with Crippen molar-refractivity contribution < 1.29 is 0 Å². The van der Waals surface area contributed by atoms with Crippen molar-refractivity contribution in [2.45, 2.75) is 19.3 Å². The van der Waals surface area contributed by atoms with Crippen molar-refractivity contribution in [3.8, 4) is 16.8 Å². The average molecular weight is 466 g/mol. The normalized spacial score (nSPS) is 14.2. The zero-order chi connectivity index (χ0) is 23.3. The molecule has 0 aliphatic carbocycles. The van der Waals surface area contributed by atoms with Gasteiger partial charge in [-0.3, -0.25) is 0 Å². The van der Waals surface area contributed by atoms with Crippen molar-refractivity contribution in [3.63, 3.8) is 0 Å². The predicted molar refractivity (Wildman–Crippen MR) is 151 cm³/mol. The van der Waals surface area contributed by atoms with Gasteiger partial charge in [0.05, 0.1) is 16.7 Å². The van der Waals surface area contributed by atoms with Gasteiger partial charge in [0.15, 0.2) is 0 Å². The fourth-order valence-corrected chi connectivity index (χ4v) is 7.24. The van der Waals surface area contributed by atoms with Gasteiger partial charge in [-0.25, -0.2) is 0 Å². The molecule has 1 aliphatic rings. The average Bonchev–Trinajstić information content (AvgIpc) is 3.51. The van der Waals surface area contributed by atoms with Crippen molar-refractivity contribution in [1.82, 2.24) is 4.57 Å². The number of rotatable bonds is 1. The van der Waals surface area contributed by atoms with Crippen LogP contribution in [0.2, 0.25) is 0 Å². The van der Waals surface area contributed by atoms with Crippen LogP contribution >= 0.6 is 11.3 Å². The quantitative estimate of drug-likeness (QED) is 0.213. The highest BCUT2D eigenvalue weighted by Crippen LogP contribution is 2.48. The first-order chi connectivity index (χ1) is 17.1. The summed E-state index contributed by atoms with van der Waals surface area (Å²) in [6.07, 6.45) is 0. The van der Waals surface area contributed by atoms with Gasteiger partial charge in [0, 0.05) is 21.6 Å². The van der Waals surface area contributed by atoms with E-state index in [1.165, 1.54) is 71.3 Å². The van der Waals surface area contributed by atoms with Gasteiger partial charge < -0.3 is 4.57 Å². The molecule has 1 aliphatic heterocycles. The number of thiophene rings is 1. The van der Waals surface area contributed by atoms with Crippen LogP contribution in [0.25, 0.3) is 60.2 Å². The molecule has 0 amide bonds. The first-order valence-electron chi connectivity index (χ1n) is 12.2. The third kappa shape index (κ3) is 2.47. The zero-order valence-electron chi connectivity index (χ0n) is 19.7. The molecule has 0 saturated heterocycles. The summed E-state index contributed by atoms with van der Waals surface area (Å²) < 4.78 is 2.49. The summed E-state index contributed by atoms with van der Waals surface area (Å²) in [5.41, 5.74) is 9.35. The maximum atomic E-state index is 2.49. The number of hydrogen-bond acceptors (Lipinski definition) is 1. The molecule has 1 nitrogen and oxygen atoms in total. The Kier molecular flexibility index (Phi) is 3.67. The molecule has 0 radical (unpaired) electrons. The van der Waals surface area contributed by atoms with E-state index < -0.39 is 0 Å². The summed E-state index contributed by atoms with van der Waals surface area (Å²) in [6.45, 7) is 4.72. The highest BCUT2D eigenvalue weighted by Gasteiger charge is 2.35. The van der Waals surface area contributed by atoms with Gasteiger partial charge in [-0.1, -0.05) is 86.6 Å². The van der Waals surface area contributed by atoms with Crippen LogP contribution in [-0.4, -0.2) is 4.57 Å². The topological polar surface area (TPSA) is 4.93 Å². The lowest BCUT2D eigenvalue weighted by Gasteiger charge is -2.32. The van der Waals surface area contributed by atoms with Crippen LogP contribution in [0.1, 0.15) is 25.0 Å². The molecule has 35 heavy (non-hydrogen) atoms. The van der Waals surface area contributed by atoms with E-state index in [0.29, 0.717) is 0 Å². The second-order valence-corrected chi connectivity index (χ2v) is 11.0. The lowest BCUT2D eigenvalue weighted by Crippen LogP contribution is -2.24. The Hall–Kier alpha value is -3.88. The molecular formula is C33H23NS. The second-order valence-electron chi connectivity index (χ2n) is 10.3. The SMILES string of the molecule is CC1(C)c2cscc2-n2c3ccc(-c4ccc5ccc6ccccc6c5c4)cc3c3cccc1c32. The minimum Gasteiger partial charge on any atom is -0.308 e. The van der Waals surface area contributed by atoms with E-state index in [1.807, 2.05) is 0 Å². The summed E-state index contributed by atoms with van der Waals surface area (Å²) in [5.74, 6) is 0. The van der Waals surface area contributed by atoms with Crippen LogP contribution in [0.15, 0.2) is 102 Å². The lowest BCUT2D eigenvalue weighted by atomic mass is 9.76. The molecule has 5 aromatic carbocycles. The van der Waals surface area contributed by atoms with Crippen molar-refractivity contribution >= 4 is 54.7 Å². The summed E-state index contributed by atoms with van der Waals surface area (Å²) in [6, 6.07) is 33.9. The minimum absolute atomic E-state index is 0.00144. The Balaban J connectivity index is 1.42. The van der Waals surface area contributed by atoms with Gasteiger partial charge in [-0.15, -0.1) is 11.3 Å². The maximum Gasteiger partial charge on any atom is 0.0610 e. The van der Waals surface area contributed by atoms with E-state index in [2.05, 4.69) is 120 Å². The van der Waals surface area contributed by atoms with Crippen LogP contribution in [0.3, 0.4) is 0 Å². The van der Waals surface area contributed by atoms with Crippen molar-refractivity contribution in [2.24, 2.45) is 0 Å². The van der Waals surface area contributed by atoms with Crippen molar-refractivity contribution in [2.75, 3.05) is 0 Å². The van der Waals surface area contributed by atoms with Crippen LogP contribution < -0.4 is 0 Å². The third-order valence-electron chi connectivity index (χ3n) is 8.10. The van der Waals surface area contributed by atoms with Crippen LogP contribution in [0, 0.1) is 0 Å². The van der Waals surface area contributed by atoms with Crippen molar-refractivity contribution in [1.29, 1.82) is 0 Å². The fraction of sp³-hybridized carbons (Fsp3) is 0.0909. The molecule has 0 fully saturated rings. The molecule has 8 rings (SSSR count). The minimum atomic E-state index is 0.00144. The molecule has 2 aromatic heterocycles. The highest BCUT2D eigenvalue weighted by atomic mass is 32.1. The Morgan fingerprint density at radius 3 is 2.20 bits per heavy atom. The Morgan fingerprint density at radius 2 is 1.31 bits per heavy atom. The molecule has 7 aromatic rings. The van der Waals surface area contributed by atoms with Crippen LogP contribution in [-0.2, 0) is 5.41 Å². The maximum absolute atomic E-state index is 2.49. The summed E-state index contributed by atoms with van der Waals surface area (Å²) in [7, 11) is 0. The van der Waals surface area contributed by atoms with Gasteiger partial charge in [-0.2, -0.15) is 0 Å². The number of hydrogen-bond donors (Lipinski definition) is 0. The number of fused-ring (bicyclic) bond motifs is 8. The Labute approximate surface area is 207 Å². The van der Waals surface area contributed by atoms with E-state index in [0.717, 1.165) is 0 Å². The van der Waals surface area contributed by atoms with E-state index >= 15 is 0 Å². The molecule has 0 atom stereocenters. The van der Waals surface area contributed by atoms with Gasteiger partial charge in [-0.05, 0) is 67.4 Å². The van der Waals surface area contributed by atoms with Gasteiger partial charge in [0.1, 0.15) is 0 Å². The molecule has 0 N–H and O–H groups in total. The predicted octanol–water partition coefficient (Wildman–Crippen LogP) is 9.46. The first kappa shape index (κ1) is 19.4. The van der Waals surface area contributed by atoms with Crippen LogP contribution in [0.4, 0.5) is 0 Å². The third-order valence-corrected chi connectivity index (χ3v) is 8.83. The smallest absolute Gasteiger partial charge is 0.0610 e. The number of para-hydroxylation sites is 1. The summed E-state index contributed by atoms with van der Waals surface area (Å²) in [4.78, 5) is 0. The Morgan fingerprint density at radius 1 is 0.600 bits per heavy atom. The van der Waals surface area contributed by atoms with Gasteiger partial charge >= 0.3 is 0 Å². The zero-order valence-corrected chi connectivity index (χ0v) is 20.5. The van der Waals surface area contributed by atoms with E-state index in [1.54, 1.807) is 11.3 Å². The number of benzene rings is 5. The molecule has 0 unspecified atom stereocenters. The van der Waals surface area contributed by atoms with E-state index in [9.17, 15) is 0 Å². The number of nitrogens with zero attached hydrogens (tertiary/aromatic N) is 1. The van der Waals surface area contributed by atoms with Crippen molar-refractivity contribution in [3.05, 3.63) is 113 Å². The molecule has 0 saturated carbocycles. The summed E-state index contributed by atoms with van der Waals surface area (Å²) >= 11 is 1.81. The standard InChI is InChI=1S/C33H23NS/c1-33(2)28-9-5-8-25-27-17-23(14-15-30(27)34(32(25)28)31-19-35-18-29(31)33)22-13-12-21-11-10-20-6-3-4-7-24(20)26(21)16-22/h3-19H,1-2H3. The molecule has 2 heteroatoms. The molecule has 0 spiro atoms. The molecule has 166 valence electrons. The largest absolute Gasteiger partial charge is 0.308 e. The molecular weight excluding hydrogens is 442 g/mol. The van der Waals surface area contributed by atoms with Crippen LogP contribution in [0.5, 0.6) is 0 Å². The number of aromatic nitrogens is 1. The Bertz CT molecular complexity index is 1980.